The number of benzene rings is 1. The average Bonchev–Trinajstić information content (AvgIpc) is 2.62. The van der Waals surface area contributed by atoms with Crippen LogP contribution in [0.1, 0.15) is 77.3 Å². The minimum Gasteiger partial charge on any atom is -0.511 e. The van der Waals surface area contributed by atoms with Crippen LogP contribution in [0.5, 0.6) is 0 Å². The first-order valence-electron chi connectivity index (χ1n) is 9.77. The Morgan fingerprint density at radius 2 is 1.72 bits per heavy atom. The zero-order chi connectivity index (χ0) is 19.2. The van der Waals surface area contributed by atoms with Crippen molar-refractivity contribution in [2.45, 2.75) is 78.7 Å². The van der Waals surface area contributed by atoms with E-state index in [1.165, 1.54) is 32.1 Å². The predicted molar refractivity (Wildman–Crippen MR) is 111 cm³/mol. The Bertz CT molecular complexity index is 493. The highest BCUT2D eigenvalue weighted by Crippen LogP contribution is 2.21. The summed E-state index contributed by atoms with van der Waals surface area (Å²) in [5.74, 6) is 0.637. The molecule has 2 atom stereocenters. The second kappa shape index (κ2) is 13.7. The molecule has 0 aromatic heterocycles. The van der Waals surface area contributed by atoms with Gasteiger partial charge in [0.05, 0.1) is 6.04 Å². The highest BCUT2D eigenvalue weighted by molar-refractivity contribution is 5.98. The van der Waals surface area contributed by atoms with Gasteiger partial charge in [0.1, 0.15) is 5.76 Å². The molecule has 0 aliphatic carbocycles. The van der Waals surface area contributed by atoms with E-state index < -0.39 is 6.04 Å². The number of rotatable bonds is 11. The SMILES string of the molecule is C=C(O)C(N)Cc1ccc(C(=N)CC(CCC)CCCC)cc1.CC. The average molecular weight is 347 g/mol. The fourth-order valence-electron chi connectivity index (χ4n) is 2.87. The number of aliphatic hydroxyl groups excluding tert-OH is 1. The van der Waals surface area contributed by atoms with Crippen LogP contribution in [-0.2, 0) is 6.42 Å². The standard InChI is InChI=1S/C20H32N2O.C2H6/c1-4-6-8-16(7-5-2)14-20(22)18-11-9-17(10-12-18)13-19(21)15(3)23;1-2/h9-12,16,19,22-23H,3-8,13-14,21H2,1-2H3;1-2H3. The van der Waals surface area contributed by atoms with Crippen molar-refractivity contribution in [2.24, 2.45) is 11.7 Å². The molecule has 0 fully saturated rings. The van der Waals surface area contributed by atoms with E-state index in [4.69, 9.17) is 11.1 Å². The van der Waals surface area contributed by atoms with E-state index in [1.54, 1.807) is 0 Å². The Kier molecular flexibility index (Phi) is 12.8. The van der Waals surface area contributed by atoms with Crippen molar-refractivity contribution in [3.63, 3.8) is 0 Å². The van der Waals surface area contributed by atoms with E-state index in [1.807, 2.05) is 38.1 Å². The number of hydrogen-bond acceptors (Lipinski definition) is 3. The third kappa shape index (κ3) is 9.45. The normalized spacial score (nSPS) is 12.7. The minimum atomic E-state index is -0.428. The molecule has 1 aromatic rings. The number of nitrogens with two attached hydrogens (primary N) is 1. The first-order chi connectivity index (χ1) is 12.0. The zero-order valence-corrected chi connectivity index (χ0v) is 16.6. The Morgan fingerprint density at radius 3 is 2.20 bits per heavy atom. The lowest BCUT2D eigenvalue weighted by molar-refractivity contribution is 0.368. The molecule has 0 saturated carbocycles. The molecule has 1 aromatic carbocycles. The van der Waals surface area contributed by atoms with E-state index in [-0.39, 0.29) is 5.76 Å². The smallest absolute Gasteiger partial charge is 0.102 e. The van der Waals surface area contributed by atoms with Crippen molar-refractivity contribution in [1.82, 2.24) is 0 Å². The quantitative estimate of drug-likeness (QED) is 0.339. The molecule has 0 amide bonds. The molecule has 0 aliphatic heterocycles. The molecule has 0 heterocycles. The second-order valence-corrected chi connectivity index (χ2v) is 6.48. The lowest BCUT2D eigenvalue weighted by atomic mass is 9.89. The lowest BCUT2D eigenvalue weighted by Gasteiger charge is -2.17. The van der Waals surface area contributed by atoms with Gasteiger partial charge in [0.25, 0.3) is 0 Å². The summed E-state index contributed by atoms with van der Waals surface area (Å²) in [5.41, 5.74) is 8.57. The van der Waals surface area contributed by atoms with Crippen LogP contribution in [0.3, 0.4) is 0 Å². The van der Waals surface area contributed by atoms with E-state index in [0.717, 1.165) is 23.3 Å². The van der Waals surface area contributed by atoms with Crippen molar-refractivity contribution >= 4 is 5.71 Å². The first-order valence-corrected chi connectivity index (χ1v) is 9.77. The molecule has 3 nitrogen and oxygen atoms in total. The van der Waals surface area contributed by atoms with Crippen molar-refractivity contribution in [3.8, 4) is 0 Å². The highest BCUT2D eigenvalue weighted by Gasteiger charge is 2.12. The zero-order valence-electron chi connectivity index (χ0n) is 16.6. The molecule has 0 bridgehead atoms. The summed E-state index contributed by atoms with van der Waals surface area (Å²) in [5, 5.41) is 17.7. The van der Waals surface area contributed by atoms with Gasteiger partial charge in [-0.05, 0) is 29.9 Å². The molecule has 1 rings (SSSR count). The maximum atomic E-state index is 9.29. The largest absolute Gasteiger partial charge is 0.511 e. The Balaban J connectivity index is 0.00000277. The van der Waals surface area contributed by atoms with Crippen LogP contribution >= 0.6 is 0 Å². The number of nitrogens with one attached hydrogen (secondary N) is 1. The summed E-state index contributed by atoms with van der Waals surface area (Å²) in [4.78, 5) is 0. The van der Waals surface area contributed by atoms with Crippen molar-refractivity contribution in [2.75, 3.05) is 0 Å². The monoisotopic (exact) mass is 346 g/mol. The van der Waals surface area contributed by atoms with Crippen LogP contribution in [0.15, 0.2) is 36.6 Å². The third-order valence-corrected chi connectivity index (χ3v) is 4.34. The Morgan fingerprint density at radius 1 is 1.12 bits per heavy atom. The van der Waals surface area contributed by atoms with Gasteiger partial charge in [0.2, 0.25) is 0 Å². The van der Waals surface area contributed by atoms with Gasteiger partial charge in [-0.15, -0.1) is 0 Å². The van der Waals surface area contributed by atoms with Crippen LogP contribution in [0.2, 0.25) is 0 Å². The topological polar surface area (TPSA) is 70.1 Å². The molecule has 0 aliphatic rings. The van der Waals surface area contributed by atoms with Crippen LogP contribution in [0, 0.1) is 11.3 Å². The van der Waals surface area contributed by atoms with E-state index in [0.29, 0.717) is 12.3 Å². The summed E-state index contributed by atoms with van der Waals surface area (Å²) in [6, 6.07) is 7.55. The summed E-state index contributed by atoms with van der Waals surface area (Å²) in [6.45, 7) is 11.9. The van der Waals surface area contributed by atoms with Gasteiger partial charge in [-0.3, -0.25) is 0 Å². The van der Waals surface area contributed by atoms with Gasteiger partial charge in [-0.2, -0.15) is 0 Å². The molecule has 0 saturated heterocycles. The highest BCUT2D eigenvalue weighted by atomic mass is 16.3. The Hall–Kier alpha value is -1.61. The van der Waals surface area contributed by atoms with Gasteiger partial charge >= 0.3 is 0 Å². The van der Waals surface area contributed by atoms with Crippen LogP contribution in [0.4, 0.5) is 0 Å². The predicted octanol–water partition coefficient (Wildman–Crippen LogP) is 6.02. The second-order valence-electron chi connectivity index (χ2n) is 6.48. The maximum absolute atomic E-state index is 9.29. The molecule has 142 valence electrons. The number of unbranched alkanes of at least 4 members (excludes halogenated alkanes) is 1. The lowest BCUT2D eigenvalue weighted by Crippen LogP contribution is -2.24. The summed E-state index contributed by atoms with van der Waals surface area (Å²) >= 11 is 0. The van der Waals surface area contributed by atoms with Crippen LogP contribution in [0.25, 0.3) is 0 Å². The van der Waals surface area contributed by atoms with Gasteiger partial charge in [-0.25, -0.2) is 0 Å². The van der Waals surface area contributed by atoms with Gasteiger partial charge in [-0.1, -0.05) is 90.6 Å². The van der Waals surface area contributed by atoms with Crippen molar-refractivity contribution < 1.29 is 5.11 Å². The fraction of sp³-hybridized carbons (Fsp3) is 0.591. The van der Waals surface area contributed by atoms with Gasteiger partial charge < -0.3 is 16.2 Å². The molecular formula is C22H38N2O. The number of aliphatic hydroxyl groups is 1. The fourth-order valence-corrected chi connectivity index (χ4v) is 2.87. The minimum absolute atomic E-state index is 0.0140. The van der Waals surface area contributed by atoms with Crippen LogP contribution < -0.4 is 5.73 Å². The summed E-state index contributed by atoms with van der Waals surface area (Å²) < 4.78 is 0. The van der Waals surface area contributed by atoms with E-state index >= 15 is 0 Å². The molecule has 25 heavy (non-hydrogen) atoms. The van der Waals surface area contributed by atoms with Gasteiger partial charge in [0.15, 0.2) is 0 Å². The van der Waals surface area contributed by atoms with Crippen LogP contribution in [-0.4, -0.2) is 16.9 Å². The maximum Gasteiger partial charge on any atom is 0.102 e. The van der Waals surface area contributed by atoms with Gasteiger partial charge in [0, 0.05) is 5.71 Å². The molecule has 2 unspecified atom stereocenters. The molecule has 4 N–H and O–H groups in total. The summed E-state index contributed by atoms with van der Waals surface area (Å²) in [6.07, 6.45) is 7.51. The number of hydrogen-bond donors (Lipinski definition) is 3. The molecule has 0 radical (unpaired) electrons. The molecule has 3 heteroatoms. The molecule has 0 spiro atoms. The summed E-state index contributed by atoms with van der Waals surface area (Å²) in [7, 11) is 0. The first kappa shape index (κ1) is 23.4. The van der Waals surface area contributed by atoms with E-state index in [2.05, 4.69) is 20.4 Å². The molecular weight excluding hydrogens is 308 g/mol. The van der Waals surface area contributed by atoms with Crippen molar-refractivity contribution in [3.05, 3.63) is 47.7 Å². The van der Waals surface area contributed by atoms with E-state index in [9.17, 15) is 5.11 Å². The third-order valence-electron chi connectivity index (χ3n) is 4.34. The van der Waals surface area contributed by atoms with Crippen molar-refractivity contribution in [1.29, 1.82) is 5.41 Å². The Labute approximate surface area is 154 Å².